The van der Waals surface area contributed by atoms with Gasteiger partial charge in [0.1, 0.15) is 0 Å². The summed E-state index contributed by atoms with van der Waals surface area (Å²) in [5.74, 6) is 2.03. The van der Waals surface area contributed by atoms with Crippen LogP contribution in [0.15, 0.2) is 12.2 Å². The smallest absolute Gasteiger partial charge is 0.854 e. The van der Waals surface area contributed by atoms with Crippen molar-refractivity contribution in [3.05, 3.63) is 12.2 Å². The van der Waals surface area contributed by atoms with Gasteiger partial charge in [-0.05, 0) is 68.9 Å². The number of fused-ring (bicyclic) bond motifs is 1. The molecule has 0 heterocycles. The van der Waals surface area contributed by atoms with Crippen molar-refractivity contribution in [3.63, 3.8) is 0 Å². The number of alkyl carbamates (subject to hydrolysis) is 1. The van der Waals surface area contributed by atoms with E-state index in [9.17, 15) is 9.90 Å². The molecule has 1 fully saturated rings. The first kappa shape index (κ1) is 26.6. The van der Waals surface area contributed by atoms with Crippen molar-refractivity contribution < 1.29 is 66.0 Å². The molecule has 0 spiro atoms. The number of amides is 1. The van der Waals surface area contributed by atoms with E-state index in [1.54, 1.807) is 0 Å². The van der Waals surface area contributed by atoms with Gasteiger partial charge in [-0.15, -0.1) is 6.61 Å². The van der Waals surface area contributed by atoms with Gasteiger partial charge in [-0.1, -0.05) is 32.9 Å². The molecule has 2 rings (SSSR count). The number of carbonyl (C=O) groups is 1. The van der Waals surface area contributed by atoms with Crippen molar-refractivity contribution in [1.82, 2.24) is 10.6 Å². The van der Waals surface area contributed by atoms with Crippen LogP contribution in [0.1, 0.15) is 52.9 Å². The summed E-state index contributed by atoms with van der Waals surface area (Å²) in [5.41, 5.74) is -0.409. The average Bonchev–Trinajstić information content (AvgIpc) is 3.22. The van der Waals surface area contributed by atoms with Crippen LogP contribution in [0, 0.1) is 23.2 Å². The Morgan fingerprint density at radius 3 is 2.23 bits per heavy atom. The Hall–Kier alpha value is 0.566. The van der Waals surface area contributed by atoms with Gasteiger partial charge >= 0.3 is 57.5 Å². The molecule has 2 unspecified atom stereocenters. The third-order valence-electron chi connectivity index (χ3n) is 5.02. The maximum Gasteiger partial charge on any atom is 1.00 e. The number of nitrogens with one attached hydrogen (secondary N) is 2. The van der Waals surface area contributed by atoms with Crippen LogP contribution in [-0.2, 0) is 4.74 Å². The molecule has 0 aromatic carbocycles. The van der Waals surface area contributed by atoms with Crippen LogP contribution >= 0.6 is 0 Å². The number of hydrogen-bond acceptors (Lipinski definition) is 4. The van der Waals surface area contributed by atoms with E-state index in [0.717, 1.165) is 31.2 Å². The molecule has 0 saturated heterocycles. The first-order valence-electron chi connectivity index (χ1n) is 9.73. The van der Waals surface area contributed by atoms with E-state index in [1.165, 1.54) is 19.3 Å². The molecule has 0 bridgehead atoms. The second-order valence-electron chi connectivity index (χ2n) is 7.98. The second-order valence-corrected chi connectivity index (χ2v) is 7.98. The third-order valence-corrected chi connectivity index (χ3v) is 5.02. The third kappa shape index (κ3) is 10.8. The van der Waals surface area contributed by atoms with Crippen molar-refractivity contribution in [2.45, 2.75) is 52.9 Å². The Labute approximate surface area is 202 Å². The molecule has 2 N–H and O–H groups in total. The molecule has 5 nitrogen and oxygen atoms in total. The van der Waals surface area contributed by atoms with E-state index >= 15 is 0 Å². The minimum absolute atomic E-state index is 0. The summed E-state index contributed by atoms with van der Waals surface area (Å²) >= 11 is 0. The molecule has 0 aromatic heterocycles. The molecule has 0 radical (unpaired) electrons. The monoisotopic (exact) mass is 392 g/mol. The van der Waals surface area contributed by atoms with Gasteiger partial charge < -0.3 is 20.5 Å². The standard InChI is InChI=1S/C16H26NO3.C4H11N.K/c1-16(2,11-18)10-17-15(19)20-9-14-12-7-5-3-4-6-8-13(12)14;1-3-4-5-2;/h3-4,12-14H,5-11H2,1-2H3,(H,17,19);5H,3-4H2,1-2H3;/q-1;;+1/b4-3-;;. The van der Waals surface area contributed by atoms with Crippen LogP contribution in [0.4, 0.5) is 4.79 Å². The fraction of sp³-hybridized carbons (Fsp3) is 0.850. The van der Waals surface area contributed by atoms with Crippen LogP contribution < -0.4 is 67.1 Å². The van der Waals surface area contributed by atoms with Gasteiger partial charge in [-0.25, -0.2) is 4.79 Å². The minimum Gasteiger partial charge on any atom is -0.854 e. The van der Waals surface area contributed by atoms with Crippen LogP contribution in [0.3, 0.4) is 0 Å². The van der Waals surface area contributed by atoms with Crippen molar-refractivity contribution in [3.8, 4) is 0 Å². The molecule has 1 saturated carbocycles. The molecule has 1 amide bonds. The largest absolute Gasteiger partial charge is 1.00 e. The Balaban J connectivity index is 0.000000923. The quantitative estimate of drug-likeness (QED) is 0.461. The summed E-state index contributed by atoms with van der Waals surface area (Å²) in [5, 5.41) is 16.6. The van der Waals surface area contributed by atoms with Crippen molar-refractivity contribution in [1.29, 1.82) is 0 Å². The first-order chi connectivity index (χ1) is 11.9. The summed E-state index contributed by atoms with van der Waals surface area (Å²) in [4.78, 5) is 11.6. The first-order valence-corrected chi connectivity index (χ1v) is 9.73. The van der Waals surface area contributed by atoms with Crippen molar-refractivity contribution in [2.24, 2.45) is 23.2 Å². The van der Waals surface area contributed by atoms with E-state index in [1.807, 2.05) is 20.9 Å². The number of allylic oxidation sites excluding steroid dienone is 2. The topological polar surface area (TPSA) is 73.4 Å². The van der Waals surface area contributed by atoms with Crippen LogP contribution in [-0.4, -0.2) is 39.4 Å². The Bertz CT molecular complexity index is 398. The second kappa shape index (κ2) is 14.5. The van der Waals surface area contributed by atoms with Crippen LogP contribution in [0.2, 0.25) is 0 Å². The van der Waals surface area contributed by atoms with Crippen molar-refractivity contribution >= 4 is 6.09 Å². The van der Waals surface area contributed by atoms with E-state index in [-0.39, 0.29) is 64.1 Å². The Morgan fingerprint density at radius 2 is 1.81 bits per heavy atom. The summed E-state index contributed by atoms with van der Waals surface area (Å²) in [7, 11) is 1.96. The van der Waals surface area contributed by atoms with E-state index in [0.29, 0.717) is 19.1 Å². The summed E-state index contributed by atoms with van der Waals surface area (Å²) in [6, 6.07) is 0. The predicted molar refractivity (Wildman–Crippen MR) is 100 cm³/mol. The number of carbonyl (C=O) groups excluding carboxylic acids is 1. The summed E-state index contributed by atoms with van der Waals surface area (Å²) in [6.07, 6.45) is 10.1. The molecular weight excluding hydrogens is 355 g/mol. The van der Waals surface area contributed by atoms with Gasteiger partial charge in [-0.2, -0.15) is 0 Å². The number of hydrogen-bond donors (Lipinski definition) is 2. The zero-order valence-corrected chi connectivity index (χ0v) is 20.6. The summed E-state index contributed by atoms with van der Waals surface area (Å²) < 4.78 is 5.31. The fourth-order valence-corrected chi connectivity index (χ4v) is 3.28. The maximum absolute atomic E-state index is 11.6. The van der Waals surface area contributed by atoms with Gasteiger partial charge in [0.25, 0.3) is 0 Å². The normalized spacial score (nSPS) is 25.2. The van der Waals surface area contributed by atoms with Gasteiger partial charge in [-0.3, -0.25) is 0 Å². The van der Waals surface area contributed by atoms with Gasteiger partial charge in [0.05, 0.1) is 6.61 Å². The Kier molecular flexibility index (Phi) is 14.9. The zero-order chi connectivity index (χ0) is 18.7. The van der Waals surface area contributed by atoms with Crippen LogP contribution in [0.25, 0.3) is 0 Å². The fourth-order valence-electron chi connectivity index (χ4n) is 3.28. The van der Waals surface area contributed by atoms with E-state index in [2.05, 4.69) is 29.7 Å². The Morgan fingerprint density at radius 1 is 1.23 bits per heavy atom. The number of ether oxygens (including phenoxy) is 1. The molecule has 0 aromatic rings. The zero-order valence-electron chi connectivity index (χ0n) is 17.5. The molecule has 2 aliphatic rings. The molecule has 0 aliphatic heterocycles. The van der Waals surface area contributed by atoms with Gasteiger partial charge in [0.15, 0.2) is 0 Å². The van der Waals surface area contributed by atoms with E-state index in [4.69, 9.17) is 4.74 Å². The molecule has 26 heavy (non-hydrogen) atoms. The molecule has 146 valence electrons. The maximum atomic E-state index is 11.6. The van der Waals surface area contributed by atoms with Crippen molar-refractivity contribution in [2.75, 3.05) is 33.4 Å². The van der Waals surface area contributed by atoms with Gasteiger partial charge in [0, 0.05) is 6.54 Å². The molecule has 2 aliphatic carbocycles. The molecule has 2 atom stereocenters. The summed E-state index contributed by atoms with van der Waals surface area (Å²) in [6.45, 7) is 7.67. The molecule has 6 heteroatoms. The van der Waals surface area contributed by atoms with E-state index < -0.39 is 5.41 Å². The predicted octanol–water partition coefficient (Wildman–Crippen LogP) is -0.289. The minimum atomic E-state index is -0.409. The van der Waals surface area contributed by atoms with Gasteiger partial charge in [0.2, 0.25) is 0 Å². The molecular formula is C20H37KN2O3. The SMILES string of the molecule is CC(C)(C[O-])CNC(=O)OCC1C2CC/C=C\CCC21.CCCNC.[K+]. The number of rotatable bonds is 7. The van der Waals surface area contributed by atoms with Crippen LogP contribution in [0.5, 0.6) is 0 Å². The average molecular weight is 393 g/mol.